The molecule has 1 fully saturated rings. The third-order valence-corrected chi connectivity index (χ3v) is 4.30. The average Bonchev–Trinajstić information content (AvgIpc) is 2.87. The molecule has 106 valence electrons. The van der Waals surface area contributed by atoms with Crippen LogP contribution in [0.2, 0.25) is 0 Å². The number of hydrogen-bond donors (Lipinski definition) is 1. The van der Waals surface area contributed by atoms with Crippen molar-refractivity contribution in [3.63, 3.8) is 0 Å². The van der Waals surface area contributed by atoms with Crippen molar-refractivity contribution in [2.24, 2.45) is 0 Å². The number of rotatable bonds is 4. The lowest BCUT2D eigenvalue weighted by molar-refractivity contribution is -0.116. The number of likely N-dealkylation sites (tertiary alicyclic amines) is 1. The van der Waals surface area contributed by atoms with E-state index >= 15 is 0 Å². The summed E-state index contributed by atoms with van der Waals surface area (Å²) in [6.07, 6.45) is 0.804. The van der Waals surface area contributed by atoms with Crippen molar-refractivity contribution in [3.8, 4) is 0 Å². The van der Waals surface area contributed by atoms with Gasteiger partial charge in [-0.2, -0.15) is 0 Å². The Morgan fingerprint density at radius 2 is 2.42 bits per heavy atom. The predicted molar refractivity (Wildman–Crippen MR) is 76.3 cm³/mol. The van der Waals surface area contributed by atoms with Crippen LogP contribution in [0.15, 0.2) is 5.38 Å². The van der Waals surface area contributed by atoms with E-state index in [2.05, 4.69) is 9.88 Å². The second kappa shape index (κ2) is 5.56. The monoisotopic (exact) mass is 283 g/mol. The van der Waals surface area contributed by atoms with Crippen LogP contribution < -0.4 is 4.90 Å². The van der Waals surface area contributed by atoms with E-state index < -0.39 is 5.60 Å². The summed E-state index contributed by atoms with van der Waals surface area (Å²) in [7, 11) is 0. The van der Waals surface area contributed by atoms with Crippen molar-refractivity contribution in [2.45, 2.75) is 39.3 Å². The van der Waals surface area contributed by atoms with Gasteiger partial charge >= 0.3 is 0 Å². The summed E-state index contributed by atoms with van der Waals surface area (Å²) in [6, 6.07) is 0. The minimum Gasteiger partial charge on any atom is -0.389 e. The fraction of sp³-hybridized carbons (Fsp3) is 0.692. The maximum Gasteiger partial charge on any atom is 0.225 e. The van der Waals surface area contributed by atoms with Gasteiger partial charge in [-0.15, -0.1) is 11.3 Å². The Hall–Kier alpha value is -0.980. The molecular weight excluding hydrogens is 262 g/mol. The first-order valence-electron chi connectivity index (χ1n) is 6.58. The fourth-order valence-corrected chi connectivity index (χ4v) is 3.31. The fourth-order valence-electron chi connectivity index (χ4n) is 2.39. The summed E-state index contributed by atoms with van der Waals surface area (Å²) < 4.78 is 0. The molecule has 2 heterocycles. The molecule has 0 spiro atoms. The Labute approximate surface area is 117 Å². The van der Waals surface area contributed by atoms with Crippen molar-refractivity contribution in [3.05, 3.63) is 11.1 Å². The summed E-state index contributed by atoms with van der Waals surface area (Å²) in [5.41, 5.74) is 0.394. The van der Waals surface area contributed by atoms with Gasteiger partial charge in [0.2, 0.25) is 5.91 Å². The number of aliphatic hydroxyl groups is 1. The van der Waals surface area contributed by atoms with E-state index in [1.807, 2.05) is 19.2 Å². The smallest absolute Gasteiger partial charge is 0.225 e. The lowest BCUT2D eigenvalue weighted by Gasteiger charge is -2.18. The molecule has 0 aromatic carbocycles. The third-order valence-electron chi connectivity index (χ3n) is 3.38. The molecule has 0 bridgehead atoms. The molecule has 1 amide bonds. The van der Waals surface area contributed by atoms with Crippen LogP contribution in [0.3, 0.4) is 0 Å². The highest BCUT2D eigenvalue weighted by Gasteiger charge is 2.31. The molecule has 1 saturated heterocycles. The van der Waals surface area contributed by atoms with Crippen molar-refractivity contribution >= 4 is 22.4 Å². The lowest BCUT2D eigenvalue weighted by Crippen LogP contribution is -2.29. The maximum absolute atomic E-state index is 11.5. The van der Waals surface area contributed by atoms with Gasteiger partial charge < -0.3 is 5.11 Å². The second-order valence-corrected chi connectivity index (χ2v) is 6.18. The van der Waals surface area contributed by atoms with Gasteiger partial charge in [0.15, 0.2) is 5.13 Å². The first-order valence-corrected chi connectivity index (χ1v) is 7.46. The van der Waals surface area contributed by atoms with Gasteiger partial charge in [0.05, 0.1) is 11.3 Å². The van der Waals surface area contributed by atoms with Crippen LogP contribution in [0.4, 0.5) is 5.13 Å². The number of aromatic nitrogens is 1. The van der Waals surface area contributed by atoms with E-state index in [0.29, 0.717) is 13.1 Å². The van der Waals surface area contributed by atoms with Crippen LogP contribution in [-0.4, -0.2) is 46.1 Å². The van der Waals surface area contributed by atoms with Crippen LogP contribution in [0, 0.1) is 0 Å². The topological polar surface area (TPSA) is 56.7 Å². The second-order valence-electron chi connectivity index (χ2n) is 5.34. The summed E-state index contributed by atoms with van der Waals surface area (Å²) in [5.74, 6) is 0.0208. The third kappa shape index (κ3) is 3.52. The van der Waals surface area contributed by atoms with Gasteiger partial charge in [-0.3, -0.25) is 14.6 Å². The minimum absolute atomic E-state index is 0.0208. The highest BCUT2D eigenvalue weighted by atomic mass is 32.1. The van der Waals surface area contributed by atoms with Crippen molar-refractivity contribution in [2.75, 3.05) is 24.5 Å². The normalized spacial score (nSPS) is 23.8. The van der Waals surface area contributed by atoms with Crippen molar-refractivity contribution in [1.29, 1.82) is 0 Å². The number of carbonyl (C=O) groups is 1. The van der Waals surface area contributed by atoms with Crippen LogP contribution in [-0.2, 0) is 11.3 Å². The number of amides is 1. The molecule has 1 aromatic heterocycles. The van der Waals surface area contributed by atoms with E-state index in [1.54, 1.807) is 11.8 Å². The first kappa shape index (κ1) is 14.4. The molecule has 1 aromatic rings. The van der Waals surface area contributed by atoms with E-state index in [1.165, 1.54) is 11.3 Å². The maximum atomic E-state index is 11.5. The molecule has 0 radical (unpaired) electrons. The molecule has 5 nitrogen and oxygen atoms in total. The zero-order chi connectivity index (χ0) is 14.0. The van der Waals surface area contributed by atoms with Crippen LogP contribution >= 0.6 is 11.3 Å². The van der Waals surface area contributed by atoms with Gasteiger partial charge in [0.25, 0.3) is 0 Å². The Morgan fingerprint density at radius 1 is 1.68 bits per heavy atom. The van der Waals surface area contributed by atoms with Crippen LogP contribution in [0.25, 0.3) is 0 Å². The van der Waals surface area contributed by atoms with Gasteiger partial charge in [-0.25, -0.2) is 4.98 Å². The first-order chi connectivity index (χ1) is 8.91. The number of β-amino-alcohol motifs (C(OH)–C–C–N with tert-alkyl or cyclic N) is 1. The SMILES string of the molecule is CCN(C(C)=O)c1nc(CN2CCC(C)(O)C2)cs1. The Morgan fingerprint density at radius 3 is 2.95 bits per heavy atom. The van der Waals surface area contributed by atoms with Gasteiger partial charge in [-0.1, -0.05) is 0 Å². The molecule has 1 aliphatic heterocycles. The number of anilines is 1. The minimum atomic E-state index is -0.576. The number of hydrogen-bond acceptors (Lipinski definition) is 5. The Bertz CT molecular complexity index is 458. The Balaban J connectivity index is 2.00. The predicted octanol–water partition coefficient (Wildman–Crippen LogP) is 1.47. The molecule has 0 aliphatic carbocycles. The van der Waals surface area contributed by atoms with E-state index in [-0.39, 0.29) is 5.91 Å². The van der Waals surface area contributed by atoms with Crippen LogP contribution in [0.5, 0.6) is 0 Å². The summed E-state index contributed by atoms with van der Waals surface area (Å²) in [6.45, 7) is 8.33. The molecule has 1 aliphatic rings. The van der Waals surface area contributed by atoms with Gasteiger partial charge in [0.1, 0.15) is 0 Å². The number of nitrogens with zero attached hydrogens (tertiary/aromatic N) is 3. The molecule has 19 heavy (non-hydrogen) atoms. The van der Waals surface area contributed by atoms with Gasteiger partial charge in [-0.05, 0) is 20.3 Å². The molecule has 6 heteroatoms. The average molecular weight is 283 g/mol. The molecular formula is C13H21N3O2S. The highest BCUT2D eigenvalue weighted by Crippen LogP contribution is 2.25. The van der Waals surface area contributed by atoms with Crippen molar-refractivity contribution in [1.82, 2.24) is 9.88 Å². The molecule has 1 N–H and O–H groups in total. The summed E-state index contributed by atoms with van der Waals surface area (Å²) in [4.78, 5) is 19.8. The molecule has 2 rings (SSSR count). The Kier molecular flexibility index (Phi) is 4.23. The van der Waals surface area contributed by atoms with E-state index in [9.17, 15) is 9.90 Å². The molecule has 1 unspecified atom stereocenters. The quantitative estimate of drug-likeness (QED) is 0.909. The highest BCUT2D eigenvalue weighted by molar-refractivity contribution is 7.14. The zero-order valence-corrected chi connectivity index (χ0v) is 12.5. The zero-order valence-electron chi connectivity index (χ0n) is 11.7. The molecule has 1 atom stereocenters. The van der Waals surface area contributed by atoms with Crippen molar-refractivity contribution < 1.29 is 9.90 Å². The summed E-state index contributed by atoms with van der Waals surface area (Å²) >= 11 is 1.50. The summed E-state index contributed by atoms with van der Waals surface area (Å²) in [5, 5.41) is 12.7. The largest absolute Gasteiger partial charge is 0.389 e. The van der Waals surface area contributed by atoms with Crippen LogP contribution in [0.1, 0.15) is 32.9 Å². The number of thiazole rings is 1. The molecule has 0 saturated carbocycles. The van der Waals surface area contributed by atoms with E-state index in [4.69, 9.17) is 0 Å². The standard InChI is InChI=1S/C13H21N3O2S/c1-4-16(10(2)17)12-14-11(8-19-12)7-15-6-5-13(3,18)9-15/h8,18H,4-7,9H2,1-3H3. The lowest BCUT2D eigenvalue weighted by atomic mass is 10.1. The van der Waals surface area contributed by atoms with E-state index in [0.717, 1.165) is 30.3 Å². The number of carbonyl (C=O) groups excluding carboxylic acids is 1. The van der Waals surface area contributed by atoms with Gasteiger partial charge in [0, 0.05) is 38.5 Å².